The quantitative estimate of drug-likeness (QED) is 0.502. The van der Waals surface area contributed by atoms with E-state index in [0.29, 0.717) is 34.0 Å². The Bertz CT molecular complexity index is 1050. The van der Waals surface area contributed by atoms with E-state index in [2.05, 4.69) is 55.3 Å². The van der Waals surface area contributed by atoms with Crippen LogP contribution in [-0.4, -0.2) is 17.4 Å². The van der Waals surface area contributed by atoms with Crippen molar-refractivity contribution in [1.82, 2.24) is 10.3 Å². The van der Waals surface area contributed by atoms with E-state index in [9.17, 15) is 4.79 Å². The largest absolute Gasteiger partial charge is 0.358 e. The molecule has 1 heterocycles. The molecular formula is C23H24Cl2N2O. The van der Waals surface area contributed by atoms with Crippen LogP contribution in [-0.2, 0) is 0 Å². The van der Waals surface area contributed by atoms with Gasteiger partial charge in [-0.3, -0.25) is 4.79 Å². The van der Waals surface area contributed by atoms with Gasteiger partial charge in [-0.15, -0.1) is 0 Å². The summed E-state index contributed by atoms with van der Waals surface area (Å²) < 4.78 is 0. The number of carbonyl (C=O) groups is 1. The van der Waals surface area contributed by atoms with Crippen LogP contribution in [0.5, 0.6) is 0 Å². The maximum absolute atomic E-state index is 12.4. The molecule has 0 spiro atoms. The molecular weight excluding hydrogens is 391 g/mol. The van der Waals surface area contributed by atoms with E-state index in [4.69, 9.17) is 23.2 Å². The molecule has 0 aliphatic heterocycles. The van der Waals surface area contributed by atoms with E-state index in [1.165, 1.54) is 22.2 Å². The van der Waals surface area contributed by atoms with Crippen LogP contribution in [0.3, 0.4) is 0 Å². The minimum atomic E-state index is -0.153. The van der Waals surface area contributed by atoms with Crippen LogP contribution in [0.15, 0.2) is 42.5 Å². The number of hydrogen-bond donors (Lipinski definition) is 2. The second kappa shape index (κ2) is 7.13. The van der Waals surface area contributed by atoms with Gasteiger partial charge in [-0.2, -0.15) is 0 Å². The van der Waals surface area contributed by atoms with Crippen molar-refractivity contribution in [2.45, 2.75) is 33.1 Å². The molecule has 3 nitrogen and oxygen atoms in total. The van der Waals surface area contributed by atoms with Crippen LogP contribution in [0, 0.1) is 18.3 Å². The van der Waals surface area contributed by atoms with Crippen LogP contribution in [0.2, 0.25) is 10.0 Å². The van der Waals surface area contributed by atoms with Gasteiger partial charge in [-0.1, -0.05) is 55.2 Å². The van der Waals surface area contributed by atoms with Gasteiger partial charge in [0.05, 0.1) is 10.6 Å². The summed E-state index contributed by atoms with van der Waals surface area (Å²) >= 11 is 12.0. The van der Waals surface area contributed by atoms with E-state index < -0.39 is 0 Å². The summed E-state index contributed by atoms with van der Waals surface area (Å²) in [7, 11) is 0. The number of aromatic amines is 1. The molecule has 0 radical (unpaired) electrons. The lowest BCUT2D eigenvalue weighted by Crippen LogP contribution is -2.25. The number of aromatic nitrogens is 1. The SMILES string of the molecule is Cc1[nH]c2ccccc2c1[C@@H]1[C@@H](CCNC(=O)c2ccc(Cl)cc2Cl)C1(C)C. The van der Waals surface area contributed by atoms with Gasteiger partial charge >= 0.3 is 0 Å². The molecule has 1 aliphatic carbocycles. The Morgan fingerprint density at radius 3 is 2.68 bits per heavy atom. The summed E-state index contributed by atoms with van der Waals surface area (Å²) in [6.45, 7) is 7.43. The average molecular weight is 415 g/mol. The smallest absolute Gasteiger partial charge is 0.252 e. The zero-order chi connectivity index (χ0) is 20.1. The maximum atomic E-state index is 12.4. The van der Waals surface area contributed by atoms with Gasteiger partial charge in [0, 0.05) is 28.2 Å². The minimum Gasteiger partial charge on any atom is -0.358 e. The van der Waals surface area contributed by atoms with E-state index >= 15 is 0 Å². The second-order valence-electron chi connectivity index (χ2n) is 8.28. The van der Waals surface area contributed by atoms with Gasteiger partial charge in [0.15, 0.2) is 0 Å². The number of hydrogen-bond acceptors (Lipinski definition) is 1. The number of fused-ring (bicyclic) bond motifs is 1. The minimum absolute atomic E-state index is 0.153. The number of H-pyrrole nitrogens is 1. The van der Waals surface area contributed by atoms with Crippen molar-refractivity contribution in [2.75, 3.05) is 6.54 Å². The normalized spacial score (nSPS) is 20.3. The fraction of sp³-hybridized carbons (Fsp3) is 0.348. The van der Waals surface area contributed by atoms with Crippen molar-refractivity contribution in [2.24, 2.45) is 11.3 Å². The number of benzene rings is 2. The summed E-state index contributed by atoms with van der Waals surface area (Å²) in [6.07, 6.45) is 0.938. The molecule has 28 heavy (non-hydrogen) atoms. The number of nitrogens with one attached hydrogen (secondary N) is 2. The first-order valence-electron chi connectivity index (χ1n) is 9.61. The molecule has 1 aromatic heterocycles. The Kier molecular flexibility index (Phi) is 4.93. The number of para-hydroxylation sites is 1. The second-order valence-corrected chi connectivity index (χ2v) is 9.13. The number of aryl methyl sites for hydroxylation is 1. The Labute approximate surface area is 175 Å². The fourth-order valence-electron chi connectivity index (χ4n) is 4.67. The average Bonchev–Trinajstić information content (AvgIpc) is 3.00. The van der Waals surface area contributed by atoms with Gasteiger partial charge < -0.3 is 10.3 Å². The van der Waals surface area contributed by atoms with E-state index in [1.807, 2.05) is 0 Å². The lowest BCUT2D eigenvalue weighted by molar-refractivity contribution is 0.0952. The summed E-state index contributed by atoms with van der Waals surface area (Å²) in [6, 6.07) is 13.4. The Hall–Kier alpha value is -1.97. The van der Waals surface area contributed by atoms with Gasteiger partial charge in [0.25, 0.3) is 5.91 Å². The molecule has 5 heteroatoms. The molecule has 1 amide bonds. The number of halogens is 2. The van der Waals surface area contributed by atoms with Crippen molar-refractivity contribution in [1.29, 1.82) is 0 Å². The highest BCUT2D eigenvalue weighted by Gasteiger charge is 2.58. The molecule has 2 atom stereocenters. The Morgan fingerprint density at radius 1 is 1.18 bits per heavy atom. The first kappa shape index (κ1) is 19.4. The van der Waals surface area contributed by atoms with Gasteiger partial charge in [-0.25, -0.2) is 0 Å². The predicted octanol–water partition coefficient (Wildman–Crippen LogP) is 6.34. The maximum Gasteiger partial charge on any atom is 0.252 e. The van der Waals surface area contributed by atoms with Gasteiger partial charge in [0.1, 0.15) is 0 Å². The Balaban J connectivity index is 1.44. The van der Waals surface area contributed by atoms with Crippen molar-refractivity contribution in [3.63, 3.8) is 0 Å². The number of amides is 1. The number of rotatable bonds is 5. The molecule has 1 fully saturated rings. The summed E-state index contributed by atoms with van der Waals surface area (Å²) in [5.41, 5.74) is 4.56. The lowest BCUT2D eigenvalue weighted by atomic mass is 10.0. The first-order chi connectivity index (χ1) is 13.3. The third kappa shape index (κ3) is 3.31. The molecule has 2 N–H and O–H groups in total. The summed E-state index contributed by atoms with van der Waals surface area (Å²) in [4.78, 5) is 16.0. The number of carbonyl (C=O) groups excluding carboxylic acids is 1. The van der Waals surface area contributed by atoms with Crippen LogP contribution >= 0.6 is 23.2 Å². The first-order valence-corrected chi connectivity index (χ1v) is 10.4. The van der Waals surface area contributed by atoms with Crippen LogP contribution < -0.4 is 5.32 Å². The van der Waals surface area contributed by atoms with Gasteiger partial charge in [0.2, 0.25) is 0 Å². The van der Waals surface area contributed by atoms with Crippen LogP contribution in [0.4, 0.5) is 0 Å². The zero-order valence-electron chi connectivity index (χ0n) is 16.3. The monoisotopic (exact) mass is 414 g/mol. The van der Waals surface area contributed by atoms with Crippen molar-refractivity contribution in [3.8, 4) is 0 Å². The van der Waals surface area contributed by atoms with Gasteiger partial charge in [-0.05, 0) is 60.4 Å². The van der Waals surface area contributed by atoms with E-state index in [-0.39, 0.29) is 11.3 Å². The summed E-state index contributed by atoms with van der Waals surface area (Å²) in [5, 5.41) is 5.23. The van der Waals surface area contributed by atoms with Crippen molar-refractivity contribution in [3.05, 3.63) is 69.3 Å². The van der Waals surface area contributed by atoms with Crippen molar-refractivity contribution < 1.29 is 4.79 Å². The molecule has 4 rings (SSSR count). The lowest BCUT2D eigenvalue weighted by Gasteiger charge is -2.07. The molecule has 1 aliphatic rings. The van der Waals surface area contributed by atoms with E-state index in [1.54, 1.807) is 18.2 Å². The zero-order valence-corrected chi connectivity index (χ0v) is 17.8. The highest BCUT2D eigenvalue weighted by molar-refractivity contribution is 6.36. The van der Waals surface area contributed by atoms with Crippen LogP contribution in [0.25, 0.3) is 10.9 Å². The molecule has 1 saturated carbocycles. The van der Waals surface area contributed by atoms with Crippen LogP contribution in [0.1, 0.15) is 47.8 Å². The third-order valence-corrected chi connectivity index (χ3v) is 6.77. The topological polar surface area (TPSA) is 44.9 Å². The molecule has 0 unspecified atom stereocenters. The standard InChI is InChI=1S/C23H24Cl2N2O/c1-13-20(16-6-4-5-7-19(16)27-13)21-17(23(21,2)3)10-11-26-22(28)15-9-8-14(24)12-18(15)25/h4-9,12,17,21,27H,10-11H2,1-3H3,(H,26,28)/t17-,21+/m1/s1. The molecule has 2 aromatic carbocycles. The molecule has 3 aromatic rings. The molecule has 146 valence electrons. The highest BCUT2D eigenvalue weighted by atomic mass is 35.5. The third-order valence-electron chi connectivity index (χ3n) is 6.22. The predicted molar refractivity (Wildman–Crippen MR) is 116 cm³/mol. The molecule has 0 bridgehead atoms. The highest BCUT2D eigenvalue weighted by Crippen LogP contribution is 2.67. The van der Waals surface area contributed by atoms with Crippen molar-refractivity contribution >= 4 is 40.0 Å². The molecule has 0 saturated heterocycles. The van der Waals surface area contributed by atoms with E-state index in [0.717, 1.165) is 6.42 Å². The summed E-state index contributed by atoms with van der Waals surface area (Å²) in [5.74, 6) is 0.881. The fourth-order valence-corrected chi connectivity index (χ4v) is 5.16. The Morgan fingerprint density at radius 2 is 1.93 bits per heavy atom.